The fraction of sp³-hybridized carbons (Fsp3) is 0.115. The SMILES string of the molecule is O=C(C=Cc1ccccc1)NC1N=C(c2ccccc2)c2cccc3c2N(CC3)C1=O. The van der Waals surface area contributed by atoms with Crippen LogP contribution in [0.1, 0.15) is 22.3 Å². The minimum Gasteiger partial charge on any atom is -0.323 e. The van der Waals surface area contributed by atoms with Crippen molar-refractivity contribution in [3.63, 3.8) is 0 Å². The van der Waals surface area contributed by atoms with Crippen LogP contribution in [0, 0.1) is 0 Å². The zero-order chi connectivity index (χ0) is 21.2. The van der Waals surface area contributed by atoms with Crippen LogP contribution >= 0.6 is 0 Å². The molecular formula is C26H21N3O2. The summed E-state index contributed by atoms with van der Waals surface area (Å²) in [5.41, 5.74) is 5.50. The molecule has 2 aliphatic rings. The second kappa shape index (κ2) is 8.03. The minimum atomic E-state index is -0.985. The van der Waals surface area contributed by atoms with Crippen molar-refractivity contribution in [2.24, 2.45) is 4.99 Å². The van der Waals surface area contributed by atoms with E-state index in [1.807, 2.05) is 72.8 Å². The van der Waals surface area contributed by atoms with Crippen LogP contribution in [0.15, 0.2) is 89.9 Å². The van der Waals surface area contributed by atoms with E-state index in [4.69, 9.17) is 4.99 Å². The predicted molar refractivity (Wildman–Crippen MR) is 122 cm³/mol. The molecule has 3 aromatic rings. The second-order valence-electron chi connectivity index (χ2n) is 7.55. The van der Waals surface area contributed by atoms with Gasteiger partial charge in [-0.05, 0) is 23.6 Å². The summed E-state index contributed by atoms with van der Waals surface area (Å²) < 4.78 is 0. The Bertz CT molecular complexity index is 1200. The van der Waals surface area contributed by atoms with Gasteiger partial charge in [0.1, 0.15) is 0 Å². The molecular weight excluding hydrogens is 386 g/mol. The van der Waals surface area contributed by atoms with Gasteiger partial charge >= 0.3 is 0 Å². The Kier molecular flexibility index (Phi) is 4.92. The molecule has 3 aromatic carbocycles. The first-order chi connectivity index (χ1) is 15.2. The Morgan fingerprint density at radius 2 is 1.71 bits per heavy atom. The zero-order valence-electron chi connectivity index (χ0n) is 16.9. The lowest BCUT2D eigenvalue weighted by Crippen LogP contribution is -2.46. The molecule has 1 atom stereocenters. The Morgan fingerprint density at radius 1 is 0.968 bits per heavy atom. The molecule has 0 fully saturated rings. The van der Waals surface area contributed by atoms with E-state index >= 15 is 0 Å². The monoisotopic (exact) mass is 407 g/mol. The quantitative estimate of drug-likeness (QED) is 0.672. The molecule has 5 rings (SSSR count). The highest BCUT2D eigenvalue weighted by Crippen LogP contribution is 2.36. The molecule has 0 saturated heterocycles. The van der Waals surface area contributed by atoms with Gasteiger partial charge in [0.2, 0.25) is 12.1 Å². The average molecular weight is 407 g/mol. The van der Waals surface area contributed by atoms with E-state index in [9.17, 15) is 9.59 Å². The highest BCUT2D eigenvalue weighted by Gasteiger charge is 2.36. The van der Waals surface area contributed by atoms with Gasteiger partial charge in [0, 0.05) is 23.7 Å². The fourth-order valence-corrected chi connectivity index (χ4v) is 4.11. The lowest BCUT2D eigenvalue weighted by atomic mass is 9.98. The molecule has 0 aromatic heterocycles. The number of benzene rings is 3. The van der Waals surface area contributed by atoms with Crippen LogP contribution in [0.2, 0.25) is 0 Å². The van der Waals surface area contributed by atoms with Crippen molar-refractivity contribution < 1.29 is 9.59 Å². The number of hydrogen-bond donors (Lipinski definition) is 1. The van der Waals surface area contributed by atoms with Crippen molar-refractivity contribution in [2.75, 3.05) is 11.4 Å². The number of nitrogens with zero attached hydrogens (tertiary/aromatic N) is 2. The summed E-state index contributed by atoms with van der Waals surface area (Å²) in [6.45, 7) is 0.592. The van der Waals surface area contributed by atoms with E-state index in [-0.39, 0.29) is 11.8 Å². The van der Waals surface area contributed by atoms with E-state index in [0.29, 0.717) is 12.3 Å². The third kappa shape index (κ3) is 3.66. The number of para-hydroxylation sites is 1. The van der Waals surface area contributed by atoms with E-state index in [1.54, 1.807) is 11.0 Å². The van der Waals surface area contributed by atoms with Crippen LogP contribution in [-0.2, 0) is 16.0 Å². The largest absolute Gasteiger partial charge is 0.323 e. The number of amides is 2. The summed E-state index contributed by atoms with van der Waals surface area (Å²) in [7, 11) is 0. The molecule has 2 heterocycles. The first kappa shape index (κ1) is 19.0. The van der Waals surface area contributed by atoms with Crippen molar-refractivity contribution in [3.8, 4) is 0 Å². The van der Waals surface area contributed by atoms with Crippen molar-refractivity contribution >= 4 is 29.3 Å². The van der Waals surface area contributed by atoms with Crippen LogP contribution in [0.25, 0.3) is 6.08 Å². The Balaban J connectivity index is 1.52. The van der Waals surface area contributed by atoms with Gasteiger partial charge in [0.15, 0.2) is 0 Å². The van der Waals surface area contributed by atoms with Crippen LogP contribution in [0.5, 0.6) is 0 Å². The molecule has 1 N–H and O–H groups in total. The van der Waals surface area contributed by atoms with Gasteiger partial charge in [-0.25, -0.2) is 4.99 Å². The smallest absolute Gasteiger partial charge is 0.272 e. The number of aliphatic imine (C=N–C) groups is 1. The van der Waals surface area contributed by atoms with Gasteiger partial charge in [0.25, 0.3) is 5.91 Å². The molecule has 2 aliphatic heterocycles. The van der Waals surface area contributed by atoms with Gasteiger partial charge in [-0.3, -0.25) is 9.59 Å². The molecule has 0 bridgehead atoms. The maximum absolute atomic E-state index is 13.3. The van der Waals surface area contributed by atoms with Gasteiger partial charge < -0.3 is 10.2 Å². The highest BCUT2D eigenvalue weighted by atomic mass is 16.2. The van der Waals surface area contributed by atoms with Crippen LogP contribution in [-0.4, -0.2) is 30.2 Å². The van der Waals surface area contributed by atoms with Crippen LogP contribution in [0.3, 0.4) is 0 Å². The normalized spacial score (nSPS) is 17.3. The third-order valence-electron chi connectivity index (χ3n) is 5.56. The number of carbonyl (C=O) groups is 2. The first-order valence-corrected chi connectivity index (χ1v) is 10.3. The summed E-state index contributed by atoms with van der Waals surface area (Å²) in [5.74, 6) is -0.567. The molecule has 5 nitrogen and oxygen atoms in total. The number of nitrogens with one attached hydrogen (secondary N) is 1. The molecule has 5 heteroatoms. The summed E-state index contributed by atoms with van der Waals surface area (Å²) in [6, 6.07) is 25.4. The Hall–Kier alpha value is -3.99. The highest BCUT2D eigenvalue weighted by molar-refractivity contribution is 6.21. The lowest BCUT2D eigenvalue weighted by molar-refractivity contribution is -0.125. The molecule has 31 heavy (non-hydrogen) atoms. The predicted octanol–water partition coefficient (Wildman–Crippen LogP) is 3.58. The van der Waals surface area contributed by atoms with Gasteiger partial charge in [-0.15, -0.1) is 0 Å². The Morgan fingerprint density at radius 3 is 2.48 bits per heavy atom. The molecule has 0 radical (unpaired) electrons. The summed E-state index contributed by atoms with van der Waals surface area (Å²) in [4.78, 5) is 32.5. The topological polar surface area (TPSA) is 61.8 Å². The van der Waals surface area contributed by atoms with E-state index in [1.165, 1.54) is 6.08 Å². The minimum absolute atomic E-state index is 0.210. The standard InChI is InChI=1S/C26H21N3O2/c30-22(15-14-18-8-3-1-4-9-18)27-25-26(31)29-17-16-20-12-7-13-21(24(20)29)23(28-25)19-10-5-2-6-11-19/h1-15,25H,16-17H2,(H,27,30). The van der Waals surface area contributed by atoms with E-state index < -0.39 is 6.17 Å². The number of hydrogen-bond acceptors (Lipinski definition) is 3. The van der Waals surface area contributed by atoms with Crippen molar-refractivity contribution in [2.45, 2.75) is 12.6 Å². The number of rotatable bonds is 4. The first-order valence-electron chi connectivity index (χ1n) is 10.3. The molecule has 0 aliphatic carbocycles. The van der Waals surface area contributed by atoms with Crippen LogP contribution in [0.4, 0.5) is 5.69 Å². The van der Waals surface area contributed by atoms with Crippen LogP contribution < -0.4 is 10.2 Å². The van der Waals surface area contributed by atoms with Gasteiger partial charge in [0.05, 0.1) is 11.4 Å². The van der Waals surface area contributed by atoms with E-state index in [2.05, 4.69) is 11.4 Å². The molecule has 0 spiro atoms. The lowest BCUT2D eigenvalue weighted by Gasteiger charge is -2.20. The molecule has 2 amide bonds. The maximum Gasteiger partial charge on any atom is 0.272 e. The van der Waals surface area contributed by atoms with Crippen molar-refractivity contribution in [3.05, 3.63) is 107 Å². The second-order valence-corrected chi connectivity index (χ2v) is 7.55. The molecule has 152 valence electrons. The van der Waals surface area contributed by atoms with Gasteiger partial charge in [-0.1, -0.05) is 78.9 Å². The Labute approximate surface area is 180 Å². The molecule has 0 saturated carbocycles. The van der Waals surface area contributed by atoms with Gasteiger partial charge in [-0.2, -0.15) is 0 Å². The number of carbonyl (C=O) groups excluding carboxylic acids is 2. The average Bonchev–Trinajstić information content (AvgIpc) is 3.21. The fourth-order valence-electron chi connectivity index (χ4n) is 4.11. The van der Waals surface area contributed by atoms with Crippen molar-refractivity contribution in [1.82, 2.24) is 5.32 Å². The maximum atomic E-state index is 13.3. The third-order valence-corrected chi connectivity index (χ3v) is 5.56. The molecule has 1 unspecified atom stereocenters. The summed E-state index contributed by atoms with van der Waals surface area (Å²) in [5, 5.41) is 2.80. The number of anilines is 1. The summed E-state index contributed by atoms with van der Waals surface area (Å²) >= 11 is 0. The van der Waals surface area contributed by atoms with Crippen molar-refractivity contribution in [1.29, 1.82) is 0 Å². The zero-order valence-corrected chi connectivity index (χ0v) is 16.9. The van der Waals surface area contributed by atoms with E-state index in [0.717, 1.165) is 34.4 Å². The summed E-state index contributed by atoms with van der Waals surface area (Å²) in [6.07, 6.45) is 2.97.